The Morgan fingerprint density at radius 3 is 2.50 bits per heavy atom. The topological polar surface area (TPSA) is 40.5 Å². The molecule has 0 radical (unpaired) electrons. The predicted octanol–water partition coefficient (Wildman–Crippen LogP) is 0.743. The van der Waals surface area contributed by atoms with Crippen LogP contribution in [0, 0.1) is 0 Å². The van der Waals surface area contributed by atoms with Crippen LogP contribution in [0.1, 0.15) is 6.92 Å². The minimum atomic E-state index is -0.777. The highest BCUT2D eigenvalue weighted by Crippen LogP contribution is 1.94. The lowest BCUT2D eigenvalue weighted by molar-refractivity contribution is -0.136. The van der Waals surface area contributed by atoms with Crippen LogP contribution in [0.25, 0.3) is 0 Å². The van der Waals surface area contributed by atoms with Crippen molar-refractivity contribution in [2.24, 2.45) is 0 Å². The van der Waals surface area contributed by atoms with Crippen LogP contribution in [-0.2, 0) is 4.79 Å². The third-order valence-electron chi connectivity index (χ3n) is 0.650. The highest BCUT2D eigenvalue weighted by atomic mass is 127. The summed E-state index contributed by atoms with van der Waals surface area (Å²) < 4.78 is 1.69. The Kier molecular flexibility index (Phi) is 4.16. The van der Waals surface area contributed by atoms with Gasteiger partial charge in [-0.2, -0.15) is 0 Å². The molecule has 0 spiro atoms. The zero-order chi connectivity index (χ0) is 6.57. The second-order valence-corrected chi connectivity index (χ2v) is 2.70. The highest BCUT2D eigenvalue weighted by molar-refractivity contribution is 14.1. The molecule has 4 heteroatoms. The van der Waals surface area contributed by atoms with Gasteiger partial charge in [0.05, 0.1) is 0 Å². The number of carbonyl (C=O) groups is 1. The van der Waals surface area contributed by atoms with Crippen molar-refractivity contribution in [2.45, 2.75) is 6.92 Å². The molecule has 0 amide bonds. The number of carboxylic acid groups (broad SMARTS) is 1. The van der Waals surface area contributed by atoms with E-state index in [0.29, 0.717) is 0 Å². The summed E-state index contributed by atoms with van der Waals surface area (Å²) in [6.07, 6.45) is 0. The van der Waals surface area contributed by atoms with Crippen LogP contribution in [-0.4, -0.2) is 27.3 Å². The molecule has 0 aromatic rings. The molecule has 0 aliphatic rings. The number of nitrogens with zero attached hydrogens (tertiary/aromatic N) is 1. The van der Waals surface area contributed by atoms with Crippen molar-refractivity contribution in [3.63, 3.8) is 0 Å². The van der Waals surface area contributed by atoms with E-state index in [2.05, 4.69) is 0 Å². The number of aliphatic carboxylic acids is 1. The molecule has 0 saturated heterocycles. The Morgan fingerprint density at radius 1 is 1.88 bits per heavy atom. The Labute approximate surface area is 62.2 Å². The van der Waals surface area contributed by atoms with E-state index in [0.717, 1.165) is 6.54 Å². The summed E-state index contributed by atoms with van der Waals surface area (Å²) in [5.74, 6) is -0.777. The van der Waals surface area contributed by atoms with Gasteiger partial charge in [-0.15, -0.1) is 0 Å². The number of halogens is 1. The fourth-order valence-corrected chi connectivity index (χ4v) is 0.550. The average Bonchev–Trinajstić information content (AvgIpc) is 1.65. The van der Waals surface area contributed by atoms with E-state index in [9.17, 15) is 4.79 Å². The van der Waals surface area contributed by atoms with Gasteiger partial charge in [0, 0.05) is 29.4 Å². The van der Waals surface area contributed by atoms with E-state index in [4.69, 9.17) is 5.11 Å². The summed E-state index contributed by atoms with van der Waals surface area (Å²) in [5.41, 5.74) is 0. The first kappa shape index (κ1) is 8.16. The molecule has 0 rings (SSSR count). The maximum absolute atomic E-state index is 9.92. The Hall–Kier alpha value is 0.160. The van der Waals surface area contributed by atoms with E-state index in [-0.39, 0.29) is 6.54 Å². The van der Waals surface area contributed by atoms with Crippen LogP contribution in [0.3, 0.4) is 0 Å². The standard InChI is InChI=1S/C4H8INO2/c1-2-6(5)3-4(7)8/h2-3H2,1H3,(H,7,8). The molecule has 0 saturated carbocycles. The fourth-order valence-electron chi connectivity index (χ4n) is 0.259. The van der Waals surface area contributed by atoms with Crippen LogP contribution in [0.4, 0.5) is 0 Å². The maximum atomic E-state index is 9.92. The zero-order valence-electron chi connectivity index (χ0n) is 4.59. The third-order valence-corrected chi connectivity index (χ3v) is 1.67. The first-order valence-electron chi connectivity index (χ1n) is 2.29. The third kappa shape index (κ3) is 4.32. The SMILES string of the molecule is CCN(I)CC(=O)O. The molecule has 0 bridgehead atoms. The van der Waals surface area contributed by atoms with Crippen molar-refractivity contribution < 1.29 is 9.90 Å². The Balaban J connectivity index is 3.24. The Bertz CT molecular complexity index is 86.1. The first-order chi connectivity index (χ1) is 3.66. The lowest BCUT2D eigenvalue weighted by atomic mass is 10.6. The number of rotatable bonds is 3. The number of hydrogen-bond donors (Lipinski definition) is 1. The van der Waals surface area contributed by atoms with Gasteiger partial charge in [-0.3, -0.25) is 4.79 Å². The molecule has 0 unspecified atom stereocenters. The molecule has 48 valence electrons. The molecule has 0 fully saturated rings. The normalized spacial score (nSPS) is 9.88. The van der Waals surface area contributed by atoms with Crippen LogP contribution in [0.5, 0.6) is 0 Å². The average molecular weight is 229 g/mol. The summed E-state index contributed by atoms with van der Waals surface area (Å²) in [6.45, 7) is 2.80. The quantitative estimate of drug-likeness (QED) is 0.573. The van der Waals surface area contributed by atoms with E-state index in [1.54, 1.807) is 3.11 Å². The van der Waals surface area contributed by atoms with Crippen LogP contribution >= 0.6 is 22.9 Å². The van der Waals surface area contributed by atoms with Crippen molar-refractivity contribution in [1.29, 1.82) is 0 Å². The molecule has 3 nitrogen and oxygen atoms in total. The minimum Gasteiger partial charge on any atom is -0.480 e. The largest absolute Gasteiger partial charge is 0.480 e. The van der Waals surface area contributed by atoms with Crippen LogP contribution < -0.4 is 0 Å². The molecular formula is C4H8INO2. The van der Waals surface area contributed by atoms with Crippen molar-refractivity contribution in [3.8, 4) is 0 Å². The second-order valence-electron chi connectivity index (χ2n) is 1.33. The van der Waals surface area contributed by atoms with Gasteiger partial charge in [0.1, 0.15) is 6.54 Å². The van der Waals surface area contributed by atoms with Crippen LogP contribution in [0.15, 0.2) is 0 Å². The van der Waals surface area contributed by atoms with Gasteiger partial charge < -0.3 is 5.11 Å². The van der Waals surface area contributed by atoms with Gasteiger partial charge in [-0.25, -0.2) is 3.11 Å². The number of hydrogen-bond acceptors (Lipinski definition) is 2. The molecule has 1 N–H and O–H groups in total. The lowest BCUT2D eigenvalue weighted by Crippen LogP contribution is -2.19. The molecule has 0 aromatic heterocycles. The van der Waals surface area contributed by atoms with Gasteiger partial charge in [0.2, 0.25) is 0 Å². The molecule has 0 aliphatic heterocycles. The van der Waals surface area contributed by atoms with Gasteiger partial charge in [0.15, 0.2) is 0 Å². The molecule has 0 aromatic carbocycles. The summed E-state index contributed by atoms with van der Waals surface area (Å²) >= 11 is 1.97. The molecule has 8 heavy (non-hydrogen) atoms. The van der Waals surface area contributed by atoms with Crippen molar-refractivity contribution in [2.75, 3.05) is 13.1 Å². The summed E-state index contributed by atoms with van der Waals surface area (Å²) in [5, 5.41) is 8.17. The molecular weight excluding hydrogens is 221 g/mol. The van der Waals surface area contributed by atoms with Crippen molar-refractivity contribution in [3.05, 3.63) is 0 Å². The molecule has 0 atom stereocenters. The monoisotopic (exact) mass is 229 g/mol. The highest BCUT2D eigenvalue weighted by Gasteiger charge is 2.00. The summed E-state index contributed by atoms with van der Waals surface area (Å²) in [6, 6.07) is 0. The van der Waals surface area contributed by atoms with Gasteiger partial charge in [-0.1, -0.05) is 6.92 Å². The minimum absolute atomic E-state index is 0.122. The zero-order valence-corrected chi connectivity index (χ0v) is 6.75. The lowest BCUT2D eigenvalue weighted by Gasteiger charge is -2.05. The first-order valence-corrected chi connectivity index (χ1v) is 3.25. The summed E-state index contributed by atoms with van der Waals surface area (Å²) in [7, 11) is 0. The predicted molar refractivity (Wildman–Crippen MR) is 38.9 cm³/mol. The van der Waals surface area contributed by atoms with E-state index in [1.165, 1.54) is 0 Å². The molecule has 0 heterocycles. The fraction of sp³-hybridized carbons (Fsp3) is 0.750. The van der Waals surface area contributed by atoms with Gasteiger partial charge in [-0.05, 0) is 0 Å². The van der Waals surface area contributed by atoms with E-state index >= 15 is 0 Å². The maximum Gasteiger partial charge on any atom is 0.318 e. The van der Waals surface area contributed by atoms with E-state index < -0.39 is 5.97 Å². The molecule has 0 aliphatic carbocycles. The van der Waals surface area contributed by atoms with E-state index in [1.807, 2.05) is 29.8 Å². The van der Waals surface area contributed by atoms with Crippen molar-refractivity contribution in [1.82, 2.24) is 3.11 Å². The second kappa shape index (κ2) is 4.08. The van der Waals surface area contributed by atoms with Gasteiger partial charge in [0.25, 0.3) is 0 Å². The van der Waals surface area contributed by atoms with Gasteiger partial charge >= 0.3 is 5.97 Å². The number of likely N-dealkylation sites (N-methyl/N-ethyl adjacent to an activating group) is 1. The smallest absolute Gasteiger partial charge is 0.318 e. The van der Waals surface area contributed by atoms with Crippen LogP contribution in [0.2, 0.25) is 0 Å². The Morgan fingerprint density at radius 2 is 2.38 bits per heavy atom. The number of carboxylic acids is 1. The van der Waals surface area contributed by atoms with Crippen molar-refractivity contribution >= 4 is 28.8 Å². The summed E-state index contributed by atoms with van der Waals surface area (Å²) in [4.78, 5) is 9.92.